The lowest BCUT2D eigenvalue weighted by Gasteiger charge is -2.33. The van der Waals surface area contributed by atoms with Gasteiger partial charge in [0.25, 0.3) is 5.91 Å². The first-order valence-corrected chi connectivity index (χ1v) is 7.35. The Balaban J connectivity index is 2.05. The molecule has 118 valence electrons. The van der Waals surface area contributed by atoms with Crippen molar-refractivity contribution in [2.75, 3.05) is 11.4 Å². The van der Waals surface area contributed by atoms with E-state index in [0.29, 0.717) is 17.0 Å². The van der Waals surface area contributed by atoms with Crippen LogP contribution in [0.2, 0.25) is 0 Å². The Bertz CT molecular complexity index is 784. The third kappa shape index (κ3) is 2.77. The molecule has 0 aliphatic carbocycles. The summed E-state index contributed by atoms with van der Waals surface area (Å²) in [4.78, 5) is 25.8. The third-order valence-electron chi connectivity index (χ3n) is 3.92. The van der Waals surface area contributed by atoms with Crippen LogP contribution in [0.5, 0.6) is 5.75 Å². The van der Waals surface area contributed by atoms with Gasteiger partial charge in [0, 0.05) is 5.56 Å². The Morgan fingerprint density at radius 1 is 1.17 bits per heavy atom. The van der Waals surface area contributed by atoms with Gasteiger partial charge in [0.05, 0.1) is 12.2 Å². The molecule has 2 aromatic carbocycles. The second kappa shape index (κ2) is 5.76. The number of carboxylic acids is 1. The molecule has 0 saturated heterocycles. The number of hydrogen-bond donors (Lipinski definition) is 1. The van der Waals surface area contributed by atoms with Crippen LogP contribution in [0, 0.1) is 13.8 Å². The molecule has 5 heteroatoms. The monoisotopic (exact) mass is 311 g/mol. The van der Waals surface area contributed by atoms with Crippen LogP contribution >= 0.6 is 0 Å². The summed E-state index contributed by atoms with van der Waals surface area (Å²) in [5.41, 5.74) is 3.01. The van der Waals surface area contributed by atoms with E-state index in [1.54, 1.807) is 24.3 Å². The summed E-state index contributed by atoms with van der Waals surface area (Å²) in [6.45, 7) is 3.77. The van der Waals surface area contributed by atoms with Gasteiger partial charge in [0.1, 0.15) is 5.75 Å². The van der Waals surface area contributed by atoms with E-state index in [1.165, 1.54) is 4.90 Å². The molecular formula is C18H17NO4. The second-order valence-corrected chi connectivity index (χ2v) is 5.65. The number of hydrogen-bond acceptors (Lipinski definition) is 3. The summed E-state index contributed by atoms with van der Waals surface area (Å²) < 4.78 is 5.47. The molecule has 0 radical (unpaired) electrons. The van der Waals surface area contributed by atoms with Gasteiger partial charge in [-0.15, -0.1) is 0 Å². The van der Waals surface area contributed by atoms with E-state index in [2.05, 4.69) is 0 Å². The van der Waals surface area contributed by atoms with E-state index in [-0.39, 0.29) is 12.5 Å². The largest absolute Gasteiger partial charge is 0.478 e. The Kier molecular flexibility index (Phi) is 3.78. The maximum atomic E-state index is 13.0. The van der Waals surface area contributed by atoms with Crippen molar-refractivity contribution in [3.8, 4) is 5.75 Å². The first-order valence-electron chi connectivity index (χ1n) is 7.35. The Labute approximate surface area is 134 Å². The fraction of sp³-hybridized carbons (Fsp3) is 0.222. The molecule has 0 spiro atoms. The van der Waals surface area contributed by atoms with Gasteiger partial charge >= 0.3 is 5.97 Å². The topological polar surface area (TPSA) is 66.8 Å². The summed E-state index contributed by atoms with van der Waals surface area (Å²) in [6.07, 6.45) is -1.07. The molecule has 1 aliphatic heterocycles. The van der Waals surface area contributed by atoms with Crippen molar-refractivity contribution in [3.63, 3.8) is 0 Å². The highest BCUT2D eigenvalue weighted by molar-refractivity contribution is 6.08. The summed E-state index contributed by atoms with van der Waals surface area (Å²) >= 11 is 0. The lowest BCUT2D eigenvalue weighted by molar-refractivity contribution is -0.144. The van der Waals surface area contributed by atoms with Gasteiger partial charge < -0.3 is 14.7 Å². The van der Waals surface area contributed by atoms with Crippen LogP contribution in [-0.2, 0) is 4.79 Å². The Hall–Kier alpha value is -2.82. The molecular weight excluding hydrogens is 294 g/mol. The molecule has 1 amide bonds. The lowest BCUT2D eigenvalue weighted by Crippen LogP contribution is -2.47. The number of benzene rings is 2. The number of carboxylic acid groups (broad SMARTS) is 1. The number of anilines is 1. The zero-order chi connectivity index (χ0) is 16.6. The van der Waals surface area contributed by atoms with Crippen LogP contribution in [-0.4, -0.2) is 29.6 Å². The summed E-state index contributed by atoms with van der Waals surface area (Å²) in [5.74, 6) is -0.892. The van der Waals surface area contributed by atoms with Crippen LogP contribution < -0.4 is 9.64 Å². The van der Waals surface area contributed by atoms with Gasteiger partial charge in [-0.3, -0.25) is 4.79 Å². The molecule has 2 aromatic rings. The van der Waals surface area contributed by atoms with Crippen molar-refractivity contribution in [2.45, 2.75) is 20.0 Å². The van der Waals surface area contributed by atoms with Gasteiger partial charge in [-0.25, -0.2) is 4.79 Å². The molecule has 1 atom stereocenters. The number of aliphatic carboxylic acids is 1. The molecule has 0 aromatic heterocycles. The van der Waals surface area contributed by atoms with Crippen molar-refractivity contribution < 1.29 is 19.4 Å². The number of aryl methyl sites for hydroxylation is 2. The lowest BCUT2D eigenvalue weighted by atomic mass is 10.0. The minimum absolute atomic E-state index is 0.0153. The van der Waals surface area contributed by atoms with Crippen LogP contribution in [0.4, 0.5) is 5.69 Å². The van der Waals surface area contributed by atoms with Gasteiger partial charge in [-0.05, 0) is 37.6 Å². The minimum atomic E-state index is -1.08. The van der Waals surface area contributed by atoms with E-state index in [4.69, 9.17) is 4.74 Å². The Morgan fingerprint density at radius 3 is 2.65 bits per heavy atom. The molecule has 0 unspecified atom stereocenters. The molecule has 0 fully saturated rings. The molecule has 1 N–H and O–H groups in total. The van der Waals surface area contributed by atoms with E-state index in [9.17, 15) is 14.7 Å². The fourth-order valence-electron chi connectivity index (χ4n) is 2.67. The second-order valence-electron chi connectivity index (χ2n) is 5.65. The van der Waals surface area contributed by atoms with Crippen molar-refractivity contribution in [1.82, 2.24) is 0 Å². The van der Waals surface area contributed by atoms with E-state index >= 15 is 0 Å². The highest BCUT2D eigenvalue weighted by Gasteiger charge is 2.34. The molecule has 3 rings (SSSR count). The maximum absolute atomic E-state index is 13.0. The molecule has 5 nitrogen and oxygen atoms in total. The number of rotatable bonds is 2. The van der Waals surface area contributed by atoms with Gasteiger partial charge in [-0.1, -0.05) is 29.8 Å². The standard InChI is InChI=1S/C18H17NO4/c1-11-7-8-12(2)13(9-11)17(20)19-10-16(18(21)22)23-15-6-4-3-5-14(15)19/h3-9,16H,10H2,1-2H3,(H,21,22)/t16-/m1/s1. The van der Waals surface area contributed by atoms with Crippen molar-refractivity contribution >= 4 is 17.6 Å². The van der Waals surface area contributed by atoms with Crippen LogP contribution in [0.1, 0.15) is 21.5 Å². The number of fused-ring (bicyclic) bond motifs is 1. The summed E-state index contributed by atoms with van der Waals surface area (Å²) in [6, 6.07) is 12.6. The quantitative estimate of drug-likeness (QED) is 0.926. The number of ether oxygens (including phenoxy) is 1. The number of para-hydroxylation sites is 2. The van der Waals surface area contributed by atoms with Crippen LogP contribution in [0.3, 0.4) is 0 Å². The zero-order valence-corrected chi connectivity index (χ0v) is 12.9. The zero-order valence-electron chi connectivity index (χ0n) is 12.9. The summed E-state index contributed by atoms with van der Waals surface area (Å²) in [5, 5.41) is 9.27. The normalized spacial score (nSPS) is 16.4. The molecule has 23 heavy (non-hydrogen) atoms. The molecule has 1 aliphatic rings. The van der Waals surface area contributed by atoms with Crippen molar-refractivity contribution in [2.24, 2.45) is 0 Å². The van der Waals surface area contributed by atoms with Crippen molar-refractivity contribution in [1.29, 1.82) is 0 Å². The van der Waals surface area contributed by atoms with Gasteiger partial charge in [0.15, 0.2) is 0 Å². The number of carbonyl (C=O) groups is 2. The van der Waals surface area contributed by atoms with E-state index in [1.807, 2.05) is 32.0 Å². The van der Waals surface area contributed by atoms with Crippen molar-refractivity contribution in [3.05, 3.63) is 59.2 Å². The SMILES string of the molecule is Cc1ccc(C)c(C(=O)N2C[C@H](C(=O)O)Oc3ccccc32)c1. The highest BCUT2D eigenvalue weighted by Crippen LogP contribution is 2.34. The number of carbonyl (C=O) groups excluding carboxylic acids is 1. The molecule has 0 saturated carbocycles. The predicted octanol–water partition coefficient (Wildman–Crippen LogP) is 2.80. The highest BCUT2D eigenvalue weighted by atomic mass is 16.5. The fourth-order valence-corrected chi connectivity index (χ4v) is 2.67. The molecule has 1 heterocycles. The van der Waals surface area contributed by atoms with Crippen LogP contribution in [0.15, 0.2) is 42.5 Å². The Morgan fingerprint density at radius 2 is 1.91 bits per heavy atom. The average Bonchev–Trinajstić information content (AvgIpc) is 2.55. The first-order chi connectivity index (χ1) is 11.0. The number of amides is 1. The van der Waals surface area contributed by atoms with E-state index in [0.717, 1.165) is 11.1 Å². The maximum Gasteiger partial charge on any atom is 0.346 e. The van der Waals surface area contributed by atoms with Gasteiger partial charge in [0.2, 0.25) is 6.10 Å². The van der Waals surface area contributed by atoms with E-state index < -0.39 is 12.1 Å². The smallest absolute Gasteiger partial charge is 0.346 e. The summed E-state index contributed by atoms with van der Waals surface area (Å²) in [7, 11) is 0. The molecule has 0 bridgehead atoms. The average molecular weight is 311 g/mol. The first kappa shape index (κ1) is 15.1. The van der Waals surface area contributed by atoms with Crippen LogP contribution in [0.25, 0.3) is 0 Å². The number of nitrogens with zero attached hydrogens (tertiary/aromatic N) is 1. The minimum Gasteiger partial charge on any atom is -0.478 e. The predicted molar refractivity (Wildman–Crippen MR) is 86.1 cm³/mol. The van der Waals surface area contributed by atoms with Gasteiger partial charge in [-0.2, -0.15) is 0 Å². The third-order valence-corrected chi connectivity index (χ3v) is 3.92.